The van der Waals surface area contributed by atoms with Gasteiger partial charge in [-0.05, 0) is 42.3 Å². The molecule has 2 aromatic rings. The molecule has 0 saturated heterocycles. The molecule has 0 saturated carbocycles. The van der Waals surface area contributed by atoms with E-state index < -0.39 is 5.97 Å². The summed E-state index contributed by atoms with van der Waals surface area (Å²) in [5, 5.41) is 2.77. The summed E-state index contributed by atoms with van der Waals surface area (Å²) in [4.78, 5) is 24.7. The Hall–Kier alpha value is -2.18. The van der Waals surface area contributed by atoms with Crippen molar-refractivity contribution in [1.82, 2.24) is 0 Å². The summed E-state index contributed by atoms with van der Waals surface area (Å²) < 4.78 is 11.0. The van der Waals surface area contributed by atoms with E-state index in [1.54, 1.807) is 37.4 Å². The zero-order valence-corrected chi connectivity index (χ0v) is 15.8. The van der Waals surface area contributed by atoms with E-state index in [2.05, 4.69) is 21.2 Å². The molecule has 132 valence electrons. The Balaban J connectivity index is 2.18. The highest BCUT2D eigenvalue weighted by atomic mass is 79.9. The third-order valence-electron chi connectivity index (χ3n) is 3.41. The number of carbonyl (C=O) groups excluding carboxylic acids is 2. The van der Waals surface area contributed by atoms with Gasteiger partial charge in [0.15, 0.2) is 0 Å². The molecule has 1 amide bonds. The second kappa shape index (κ2) is 9.34. The number of rotatable bonds is 7. The molecule has 0 heterocycles. The van der Waals surface area contributed by atoms with E-state index >= 15 is 0 Å². The summed E-state index contributed by atoms with van der Waals surface area (Å²) in [7, 11) is 1.62. The number of hydrogen-bond acceptors (Lipinski definition) is 4. The van der Waals surface area contributed by atoms with Crippen LogP contribution in [-0.4, -0.2) is 25.6 Å². The van der Waals surface area contributed by atoms with Crippen LogP contribution in [0.25, 0.3) is 0 Å². The van der Waals surface area contributed by atoms with Crippen molar-refractivity contribution >= 4 is 33.5 Å². The Morgan fingerprint density at radius 2 is 1.84 bits per heavy atom. The van der Waals surface area contributed by atoms with Gasteiger partial charge in [-0.3, -0.25) is 4.79 Å². The summed E-state index contributed by atoms with van der Waals surface area (Å²) >= 11 is 3.33. The van der Waals surface area contributed by atoms with Crippen molar-refractivity contribution in [2.75, 3.05) is 19.0 Å². The van der Waals surface area contributed by atoms with Gasteiger partial charge < -0.3 is 14.8 Å². The lowest BCUT2D eigenvalue weighted by molar-refractivity contribution is 0.0506. The number of esters is 1. The number of nitrogens with one attached hydrogen (secondary N) is 1. The van der Waals surface area contributed by atoms with Gasteiger partial charge in [0.25, 0.3) is 5.91 Å². The lowest BCUT2D eigenvalue weighted by Crippen LogP contribution is -2.16. The largest absolute Gasteiger partial charge is 0.462 e. The molecule has 0 unspecified atom stereocenters. The molecule has 25 heavy (non-hydrogen) atoms. The molecule has 0 aliphatic rings. The lowest BCUT2D eigenvalue weighted by Gasteiger charge is -2.12. The third kappa shape index (κ3) is 5.41. The first-order valence-electron chi connectivity index (χ1n) is 7.91. The number of hydrogen-bond donors (Lipinski definition) is 1. The maximum atomic E-state index is 12.5. The van der Waals surface area contributed by atoms with Gasteiger partial charge in [0.05, 0.1) is 24.5 Å². The molecule has 0 spiro atoms. The Bertz CT molecular complexity index is 744. The zero-order valence-electron chi connectivity index (χ0n) is 14.2. The molecule has 0 aromatic heterocycles. The molecule has 2 rings (SSSR count). The van der Waals surface area contributed by atoms with Gasteiger partial charge in [-0.15, -0.1) is 0 Å². The number of methoxy groups -OCH3 is 1. The van der Waals surface area contributed by atoms with E-state index in [9.17, 15) is 9.59 Å². The van der Waals surface area contributed by atoms with Crippen molar-refractivity contribution in [3.05, 3.63) is 63.6 Å². The average Bonchev–Trinajstić information content (AvgIpc) is 2.62. The standard InChI is InChI=1S/C19H20BrNO4/c1-3-10-25-19(23)16-11-15(20)8-9-17(16)21-18(22)14-6-4-13(5-7-14)12-24-2/h4-9,11H,3,10,12H2,1-2H3,(H,21,22). The first kappa shape index (κ1) is 19.1. The fraction of sp³-hybridized carbons (Fsp3) is 0.263. The minimum absolute atomic E-state index is 0.296. The summed E-state index contributed by atoms with van der Waals surface area (Å²) in [6, 6.07) is 12.2. The first-order valence-corrected chi connectivity index (χ1v) is 8.70. The SMILES string of the molecule is CCCOC(=O)c1cc(Br)ccc1NC(=O)c1ccc(COC)cc1. The lowest BCUT2D eigenvalue weighted by atomic mass is 10.1. The second-order valence-electron chi connectivity index (χ2n) is 5.41. The number of benzene rings is 2. The molecule has 0 aliphatic carbocycles. The normalized spacial score (nSPS) is 10.4. The fourth-order valence-electron chi connectivity index (χ4n) is 2.18. The van der Waals surface area contributed by atoms with E-state index in [4.69, 9.17) is 9.47 Å². The molecule has 0 bridgehead atoms. The van der Waals surface area contributed by atoms with E-state index in [1.807, 2.05) is 19.1 Å². The summed E-state index contributed by atoms with van der Waals surface area (Å²) in [5.41, 5.74) is 2.20. The number of carbonyl (C=O) groups is 2. The van der Waals surface area contributed by atoms with Crippen LogP contribution in [0.5, 0.6) is 0 Å². The fourth-order valence-corrected chi connectivity index (χ4v) is 2.54. The Labute approximate surface area is 155 Å². The van der Waals surface area contributed by atoms with Crippen molar-refractivity contribution in [2.45, 2.75) is 20.0 Å². The molecule has 1 N–H and O–H groups in total. The number of anilines is 1. The van der Waals surface area contributed by atoms with Crippen LogP contribution >= 0.6 is 15.9 Å². The number of amides is 1. The molecular weight excluding hydrogens is 386 g/mol. The molecule has 6 heteroatoms. The van der Waals surface area contributed by atoms with Gasteiger partial charge in [-0.25, -0.2) is 4.79 Å². The molecule has 0 atom stereocenters. The van der Waals surface area contributed by atoms with E-state index in [0.29, 0.717) is 30.0 Å². The van der Waals surface area contributed by atoms with Crippen LogP contribution in [0.15, 0.2) is 46.9 Å². The van der Waals surface area contributed by atoms with Crippen LogP contribution in [0.4, 0.5) is 5.69 Å². The maximum absolute atomic E-state index is 12.5. The summed E-state index contributed by atoms with van der Waals surface area (Å²) in [6.45, 7) is 2.74. The monoisotopic (exact) mass is 405 g/mol. The van der Waals surface area contributed by atoms with Gasteiger partial charge >= 0.3 is 5.97 Å². The van der Waals surface area contributed by atoms with Crippen molar-refractivity contribution < 1.29 is 19.1 Å². The van der Waals surface area contributed by atoms with Crippen molar-refractivity contribution in [1.29, 1.82) is 0 Å². The van der Waals surface area contributed by atoms with Crippen LogP contribution in [0.3, 0.4) is 0 Å². The predicted octanol–water partition coefficient (Wildman–Crippen LogP) is 4.41. The Morgan fingerprint density at radius 1 is 1.12 bits per heavy atom. The molecule has 2 aromatic carbocycles. The zero-order chi connectivity index (χ0) is 18.2. The van der Waals surface area contributed by atoms with Crippen LogP contribution in [0, 0.1) is 0 Å². The van der Waals surface area contributed by atoms with Crippen molar-refractivity contribution in [3.8, 4) is 0 Å². The van der Waals surface area contributed by atoms with Gasteiger partial charge in [0.2, 0.25) is 0 Å². The third-order valence-corrected chi connectivity index (χ3v) is 3.91. The maximum Gasteiger partial charge on any atom is 0.340 e. The first-order chi connectivity index (χ1) is 12.0. The highest BCUT2D eigenvalue weighted by Gasteiger charge is 2.16. The van der Waals surface area contributed by atoms with E-state index in [-0.39, 0.29) is 5.91 Å². The molecular formula is C19H20BrNO4. The second-order valence-corrected chi connectivity index (χ2v) is 6.33. The predicted molar refractivity (Wildman–Crippen MR) is 99.8 cm³/mol. The Morgan fingerprint density at radius 3 is 2.48 bits per heavy atom. The van der Waals surface area contributed by atoms with Gasteiger partial charge in [-0.1, -0.05) is 35.0 Å². The van der Waals surface area contributed by atoms with Gasteiger partial charge in [0, 0.05) is 17.1 Å². The summed E-state index contributed by atoms with van der Waals surface area (Å²) in [5.74, 6) is -0.760. The van der Waals surface area contributed by atoms with E-state index in [0.717, 1.165) is 16.5 Å². The molecule has 5 nitrogen and oxygen atoms in total. The molecule has 0 fully saturated rings. The van der Waals surface area contributed by atoms with Crippen LogP contribution in [-0.2, 0) is 16.1 Å². The highest BCUT2D eigenvalue weighted by Crippen LogP contribution is 2.23. The van der Waals surface area contributed by atoms with Gasteiger partial charge in [0.1, 0.15) is 0 Å². The van der Waals surface area contributed by atoms with E-state index in [1.165, 1.54) is 0 Å². The van der Waals surface area contributed by atoms with Crippen LogP contribution in [0.2, 0.25) is 0 Å². The Kier molecular flexibility index (Phi) is 7.16. The molecule has 0 radical (unpaired) electrons. The van der Waals surface area contributed by atoms with Crippen molar-refractivity contribution in [2.24, 2.45) is 0 Å². The quantitative estimate of drug-likeness (QED) is 0.692. The van der Waals surface area contributed by atoms with Crippen LogP contribution in [0.1, 0.15) is 39.6 Å². The van der Waals surface area contributed by atoms with Crippen LogP contribution < -0.4 is 5.32 Å². The smallest absolute Gasteiger partial charge is 0.340 e. The minimum Gasteiger partial charge on any atom is -0.462 e. The number of halogens is 1. The van der Waals surface area contributed by atoms with Gasteiger partial charge in [-0.2, -0.15) is 0 Å². The van der Waals surface area contributed by atoms with Crippen molar-refractivity contribution in [3.63, 3.8) is 0 Å². The number of ether oxygens (including phenoxy) is 2. The topological polar surface area (TPSA) is 64.6 Å². The molecule has 0 aliphatic heterocycles. The average molecular weight is 406 g/mol. The minimum atomic E-state index is -0.464. The summed E-state index contributed by atoms with van der Waals surface area (Å²) in [6.07, 6.45) is 0.731. The highest BCUT2D eigenvalue weighted by molar-refractivity contribution is 9.10.